The van der Waals surface area contributed by atoms with Gasteiger partial charge in [-0.05, 0) is 37.2 Å². The van der Waals surface area contributed by atoms with Crippen LogP contribution in [0.3, 0.4) is 0 Å². The summed E-state index contributed by atoms with van der Waals surface area (Å²) in [6.07, 6.45) is -5.64. The van der Waals surface area contributed by atoms with Crippen LogP contribution < -0.4 is 10.0 Å². The van der Waals surface area contributed by atoms with Crippen molar-refractivity contribution in [2.75, 3.05) is 13.6 Å². The zero-order chi connectivity index (χ0) is 16.3. The van der Waals surface area contributed by atoms with E-state index in [9.17, 15) is 21.6 Å². The molecule has 0 unspecified atom stereocenters. The fraction of sp³-hybridized carbons (Fsp3) is 0.500. The second kappa shape index (κ2) is 6.95. The number of hydrogen-bond acceptors (Lipinski definition) is 3. The molecular weight excluding hydrogens is 329 g/mol. The van der Waals surface area contributed by atoms with Gasteiger partial charge in [-0.2, -0.15) is 13.2 Å². The minimum atomic E-state index is -4.41. The lowest BCUT2D eigenvalue weighted by molar-refractivity contribution is -0.132. The highest BCUT2D eigenvalue weighted by Gasteiger charge is 2.28. The van der Waals surface area contributed by atoms with E-state index >= 15 is 0 Å². The van der Waals surface area contributed by atoms with Gasteiger partial charge in [0.15, 0.2) is 0 Å². The first-order chi connectivity index (χ1) is 9.57. The van der Waals surface area contributed by atoms with E-state index in [1.54, 1.807) is 20.0 Å². The Hall–Kier alpha value is -0.830. The second-order valence-electron chi connectivity index (χ2n) is 4.48. The summed E-state index contributed by atoms with van der Waals surface area (Å²) in [5.74, 6) is 0. The summed E-state index contributed by atoms with van der Waals surface area (Å²) in [5.41, 5.74) is 1.12. The number of nitrogens with one attached hydrogen (secondary N) is 2. The molecule has 21 heavy (non-hydrogen) atoms. The van der Waals surface area contributed by atoms with Crippen LogP contribution in [-0.2, 0) is 16.6 Å². The average Bonchev–Trinajstić information content (AvgIpc) is 2.31. The molecule has 1 rings (SSSR count). The Morgan fingerprint density at radius 1 is 1.29 bits per heavy atom. The number of halogens is 4. The predicted molar refractivity (Wildman–Crippen MR) is 74.8 cm³/mol. The summed E-state index contributed by atoms with van der Waals surface area (Å²) in [6, 6.07) is 2.84. The zero-order valence-corrected chi connectivity index (χ0v) is 13.1. The predicted octanol–water partition coefficient (Wildman–Crippen LogP) is 2.60. The summed E-state index contributed by atoms with van der Waals surface area (Å²) in [5, 5.41) is 3.08. The first-order valence-electron chi connectivity index (χ1n) is 6.07. The first-order valence-corrected chi connectivity index (χ1v) is 7.93. The van der Waals surface area contributed by atoms with Crippen molar-refractivity contribution in [3.63, 3.8) is 0 Å². The third kappa shape index (κ3) is 5.46. The maximum atomic E-state index is 12.1. The lowest BCUT2D eigenvalue weighted by Gasteiger charge is -2.14. The summed E-state index contributed by atoms with van der Waals surface area (Å²) < 4.78 is 62.4. The van der Waals surface area contributed by atoms with Crippen LogP contribution in [0.25, 0.3) is 0 Å². The summed E-state index contributed by atoms with van der Waals surface area (Å²) >= 11 is 5.87. The van der Waals surface area contributed by atoms with Gasteiger partial charge >= 0.3 is 6.18 Å². The van der Waals surface area contributed by atoms with Crippen molar-refractivity contribution < 1.29 is 21.6 Å². The standard InChI is InChI=1S/C12H16ClF3N2O2S/c1-8-9(7-17-2)5-10(13)6-11(8)21(19,20)18-4-3-12(14,15)16/h5-6,17-18H,3-4,7H2,1-2H3. The maximum absolute atomic E-state index is 12.1. The minimum Gasteiger partial charge on any atom is -0.316 e. The molecule has 2 N–H and O–H groups in total. The molecule has 0 aliphatic rings. The van der Waals surface area contributed by atoms with Gasteiger partial charge in [-0.25, -0.2) is 13.1 Å². The van der Waals surface area contributed by atoms with Gasteiger partial charge in [0, 0.05) is 18.1 Å². The van der Waals surface area contributed by atoms with Crippen molar-refractivity contribution in [1.29, 1.82) is 0 Å². The number of alkyl halides is 3. The average molecular weight is 345 g/mol. The van der Waals surface area contributed by atoms with Gasteiger partial charge in [-0.3, -0.25) is 0 Å². The fourth-order valence-electron chi connectivity index (χ4n) is 1.77. The third-order valence-corrected chi connectivity index (χ3v) is 4.60. The van der Waals surface area contributed by atoms with Crippen LogP contribution in [0.15, 0.2) is 17.0 Å². The Morgan fingerprint density at radius 2 is 1.90 bits per heavy atom. The number of sulfonamides is 1. The van der Waals surface area contributed by atoms with Crippen LogP contribution in [-0.4, -0.2) is 28.2 Å². The molecule has 0 aromatic heterocycles. The largest absolute Gasteiger partial charge is 0.390 e. The van der Waals surface area contributed by atoms with Crippen molar-refractivity contribution in [3.8, 4) is 0 Å². The minimum absolute atomic E-state index is 0.109. The van der Waals surface area contributed by atoms with Crippen molar-refractivity contribution in [3.05, 3.63) is 28.3 Å². The summed E-state index contributed by atoms with van der Waals surface area (Å²) in [6.45, 7) is 1.28. The van der Waals surface area contributed by atoms with E-state index in [0.717, 1.165) is 0 Å². The topological polar surface area (TPSA) is 58.2 Å². The van der Waals surface area contributed by atoms with Crippen LogP contribution in [0.1, 0.15) is 17.5 Å². The molecule has 0 atom stereocenters. The Bertz CT molecular complexity index is 603. The molecule has 0 aliphatic carbocycles. The summed E-state index contributed by atoms with van der Waals surface area (Å²) in [7, 11) is -2.35. The van der Waals surface area contributed by atoms with E-state index in [4.69, 9.17) is 11.6 Å². The molecule has 0 amide bonds. The van der Waals surface area contributed by atoms with E-state index in [-0.39, 0.29) is 9.92 Å². The van der Waals surface area contributed by atoms with Crippen molar-refractivity contribution in [1.82, 2.24) is 10.0 Å². The molecule has 9 heteroatoms. The molecule has 0 bridgehead atoms. The van der Waals surface area contributed by atoms with E-state index in [1.165, 1.54) is 6.07 Å². The molecule has 0 aliphatic heterocycles. The van der Waals surface area contributed by atoms with Gasteiger partial charge in [-0.15, -0.1) is 0 Å². The Kier molecular flexibility index (Phi) is 6.03. The molecule has 1 aromatic rings. The molecule has 0 spiro atoms. The smallest absolute Gasteiger partial charge is 0.316 e. The molecular formula is C12H16ClF3N2O2S. The van der Waals surface area contributed by atoms with Gasteiger partial charge < -0.3 is 5.32 Å². The quantitative estimate of drug-likeness (QED) is 0.834. The second-order valence-corrected chi connectivity index (χ2v) is 6.65. The number of benzene rings is 1. The Labute approximate surface area is 126 Å². The maximum Gasteiger partial charge on any atom is 0.390 e. The molecule has 4 nitrogen and oxygen atoms in total. The van der Waals surface area contributed by atoms with Crippen LogP contribution in [0.4, 0.5) is 13.2 Å². The van der Waals surface area contributed by atoms with Crippen LogP contribution in [0.2, 0.25) is 5.02 Å². The molecule has 0 fully saturated rings. The summed E-state index contributed by atoms with van der Waals surface area (Å²) in [4.78, 5) is -0.109. The number of hydrogen-bond donors (Lipinski definition) is 2. The SMILES string of the molecule is CNCc1cc(Cl)cc(S(=O)(=O)NCCC(F)(F)F)c1C. The first kappa shape index (κ1) is 18.2. The monoisotopic (exact) mass is 344 g/mol. The van der Waals surface area contributed by atoms with Crippen LogP contribution in [0.5, 0.6) is 0 Å². The molecule has 1 aromatic carbocycles. The van der Waals surface area contributed by atoms with Crippen LogP contribution in [0, 0.1) is 6.92 Å². The molecule has 0 heterocycles. The van der Waals surface area contributed by atoms with Crippen molar-refractivity contribution in [2.24, 2.45) is 0 Å². The van der Waals surface area contributed by atoms with E-state index in [1.807, 2.05) is 4.72 Å². The van der Waals surface area contributed by atoms with Gasteiger partial charge in [0.05, 0.1) is 11.3 Å². The highest BCUT2D eigenvalue weighted by atomic mass is 35.5. The fourth-order valence-corrected chi connectivity index (χ4v) is 3.41. The molecule has 0 saturated heterocycles. The Balaban J connectivity index is 3.03. The van der Waals surface area contributed by atoms with Crippen molar-refractivity contribution >= 4 is 21.6 Å². The van der Waals surface area contributed by atoms with Gasteiger partial charge in [-0.1, -0.05) is 11.6 Å². The number of rotatable bonds is 6. The highest BCUT2D eigenvalue weighted by Crippen LogP contribution is 2.25. The zero-order valence-electron chi connectivity index (χ0n) is 11.5. The lowest BCUT2D eigenvalue weighted by atomic mass is 10.1. The molecule has 120 valence electrons. The van der Waals surface area contributed by atoms with Gasteiger partial charge in [0.2, 0.25) is 10.0 Å². The molecule has 0 radical (unpaired) electrons. The van der Waals surface area contributed by atoms with Gasteiger partial charge in [0.1, 0.15) is 0 Å². The van der Waals surface area contributed by atoms with E-state index in [2.05, 4.69) is 5.32 Å². The highest BCUT2D eigenvalue weighted by molar-refractivity contribution is 7.89. The van der Waals surface area contributed by atoms with Crippen molar-refractivity contribution in [2.45, 2.75) is 31.0 Å². The van der Waals surface area contributed by atoms with Crippen LogP contribution >= 0.6 is 11.6 Å². The Morgan fingerprint density at radius 3 is 2.43 bits per heavy atom. The lowest BCUT2D eigenvalue weighted by Crippen LogP contribution is -2.29. The third-order valence-electron chi connectivity index (χ3n) is 2.79. The normalized spacial score (nSPS) is 12.7. The van der Waals surface area contributed by atoms with Gasteiger partial charge in [0.25, 0.3) is 0 Å². The molecule has 0 saturated carbocycles. The van der Waals surface area contributed by atoms with E-state index in [0.29, 0.717) is 17.7 Å². The van der Waals surface area contributed by atoms with E-state index < -0.39 is 29.2 Å².